The van der Waals surface area contributed by atoms with Gasteiger partial charge in [-0.3, -0.25) is 9.59 Å². The van der Waals surface area contributed by atoms with Gasteiger partial charge in [-0.05, 0) is 30.3 Å². The van der Waals surface area contributed by atoms with Gasteiger partial charge in [-0.25, -0.2) is 0 Å². The maximum absolute atomic E-state index is 13.2. The summed E-state index contributed by atoms with van der Waals surface area (Å²) in [6.45, 7) is -0.407. The lowest BCUT2D eigenvalue weighted by Crippen LogP contribution is -2.19. The van der Waals surface area contributed by atoms with E-state index in [1.165, 1.54) is 6.07 Å². The number of esters is 1. The smallest absolute Gasteiger partial charge is 0.418 e. The van der Waals surface area contributed by atoms with E-state index >= 15 is 0 Å². The molecule has 0 saturated heterocycles. The van der Waals surface area contributed by atoms with Crippen LogP contribution in [-0.4, -0.2) is 25.5 Å². The summed E-state index contributed by atoms with van der Waals surface area (Å²) in [5, 5.41) is 4.79. The van der Waals surface area contributed by atoms with E-state index in [-0.39, 0.29) is 11.4 Å². The molecular weight excluding hydrogens is 337 g/mol. The summed E-state index contributed by atoms with van der Waals surface area (Å²) >= 11 is 0. The number of carbonyl (C=O) groups is 2. The number of methoxy groups -OCH3 is 1. The van der Waals surface area contributed by atoms with Crippen molar-refractivity contribution in [3.05, 3.63) is 59.7 Å². The molecule has 25 heavy (non-hydrogen) atoms. The average Bonchev–Trinajstić information content (AvgIpc) is 2.60. The number of anilines is 2. The molecule has 2 aromatic rings. The molecule has 0 spiro atoms. The van der Waals surface area contributed by atoms with Gasteiger partial charge in [-0.1, -0.05) is 18.2 Å². The first-order chi connectivity index (χ1) is 11.8. The van der Waals surface area contributed by atoms with Crippen molar-refractivity contribution in [3.63, 3.8) is 0 Å². The summed E-state index contributed by atoms with van der Waals surface area (Å²) < 4.78 is 44.1. The van der Waals surface area contributed by atoms with Crippen LogP contribution in [0.2, 0.25) is 0 Å². The second kappa shape index (κ2) is 7.69. The van der Waals surface area contributed by atoms with Crippen molar-refractivity contribution >= 4 is 23.3 Å². The zero-order valence-electron chi connectivity index (χ0n) is 13.2. The fraction of sp³-hybridized carbons (Fsp3) is 0.176. The van der Waals surface area contributed by atoms with Crippen LogP contribution in [0.25, 0.3) is 0 Å². The van der Waals surface area contributed by atoms with E-state index in [0.29, 0.717) is 5.56 Å². The molecule has 0 aliphatic rings. The second-order valence-corrected chi connectivity index (χ2v) is 5.01. The molecule has 0 saturated carbocycles. The molecule has 0 fully saturated rings. The zero-order chi connectivity index (χ0) is 18.4. The normalized spacial score (nSPS) is 10.9. The third kappa shape index (κ3) is 4.97. The van der Waals surface area contributed by atoms with Crippen molar-refractivity contribution in [2.24, 2.45) is 0 Å². The van der Waals surface area contributed by atoms with Gasteiger partial charge in [0, 0.05) is 16.9 Å². The van der Waals surface area contributed by atoms with Crippen LogP contribution in [0.3, 0.4) is 0 Å². The number of alkyl halides is 3. The fourth-order valence-corrected chi connectivity index (χ4v) is 2.04. The van der Waals surface area contributed by atoms with Gasteiger partial charge in [0.2, 0.25) is 0 Å². The number of nitrogens with one attached hydrogen (secondary N) is 2. The Balaban J connectivity index is 2.23. The Morgan fingerprint density at radius 1 is 1.08 bits per heavy atom. The molecule has 0 aromatic heterocycles. The number of carbonyl (C=O) groups excluding carboxylic acids is 2. The molecule has 5 nitrogen and oxygen atoms in total. The summed E-state index contributed by atoms with van der Waals surface area (Å²) in [6, 6.07) is 11.4. The lowest BCUT2D eigenvalue weighted by Gasteiger charge is -2.16. The van der Waals surface area contributed by atoms with Crippen LogP contribution in [-0.2, 0) is 15.7 Å². The SMILES string of the molecule is COC(=O)CNc1ccc(NC(=O)c2ccccc2)cc1C(F)(F)F. The predicted octanol–water partition coefficient (Wildman–Crippen LogP) is 3.54. The van der Waals surface area contributed by atoms with Crippen molar-refractivity contribution in [2.45, 2.75) is 6.18 Å². The Hall–Kier alpha value is -3.03. The standard InChI is InChI=1S/C17H15F3N2O3/c1-25-15(23)10-21-14-8-7-12(9-13(14)17(18,19)20)22-16(24)11-5-3-2-4-6-11/h2-9,21H,10H2,1H3,(H,22,24). The molecule has 132 valence electrons. The van der Waals surface area contributed by atoms with Gasteiger partial charge < -0.3 is 15.4 Å². The average molecular weight is 352 g/mol. The van der Waals surface area contributed by atoms with Crippen LogP contribution in [0.4, 0.5) is 24.5 Å². The Morgan fingerprint density at radius 3 is 2.36 bits per heavy atom. The first-order valence-corrected chi connectivity index (χ1v) is 7.19. The quantitative estimate of drug-likeness (QED) is 0.808. The Kier molecular flexibility index (Phi) is 5.63. The highest BCUT2D eigenvalue weighted by atomic mass is 19.4. The Morgan fingerprint density at radius 2 is 1.76 bits per heavy atom. The lowest BCUT2D eigenvalue weighted by atomic mass is 10.1. The maximum atomic E-state index is 13.2. The highest BCUT2D eigenvalue weighted by molar-refractivity contribution is 6.04. The van der Waals surface area contributed by atoms with Crippen LogP contribution < -0.4 is 10.6 Å². The first-order valence-electron chi connectivity index (χ1n) is 7.19. The van der Waals surface area contributed by atoms with Crippen molar-refractivity contribution in [1.29, 1.82) is 0 Å². The largest absolute Gasteiger partial charge is 0.468 e. The highest BCUT2D eigenvalue weighted by Crippen LogP contribution is 2.36. The molecule has 0 atom stereocenters. The van der Waals surface area contributed by atoms with E-state index in [0.717, 1.165) is 19.2 Å². The van der Waals surface area contributed by atoms with E-state index in [2.05, 4.69) is 15.4 Å². The van der Waals surface area contributed by atoms with Crippen LogP contribution in [0.5, 0.6) is 0 Å². The second-order valence-electron chi connectivity index (χ2n) is 5.01. The number of halogens is 3. The molecule has 2 aromatic carbocycles. The van der Waals surface area contributed by atoms with Crippen LogP contribution >= 0.6 is 0 Å². The van der Waals surface area contributed by atoms with Gasteiger partial charge in [-0.15, -0.1) is 0 Å². The number of hydrogen-bond acceptors (Lipinski definition) is 4. The molecule has 1 amide bonds. The summed E-state index contributed by atoms with van der Waals surface area (Å²) in [4.78, 5) is 23.1. The van der Waals surface area contributed by atoms with Gasteiger partial charge in [0.15, 0.2) is 0 Å². The molecule has 0 unspecified atom stereocenters. The monoisotopic (exact) mass is 352 g/mol. The molecule has 2 rings (SSSR count). The number of amides is 1. The number of ether oxygens (including phenoxy) is 1. The van der Waals surface area contributed by atoms with E-state index in [1.54, 1.807) is 30.3 Å². The molecule has 2 N–H and O–H groups in total. The van der Waals surface area contributed by atoms with Crippen LogP contribution in [0, 0.1) is 0 Å². The Labute approximate surface area is 141 Å². The summed E-state index contributed by atoms with van der Waals surface area (Å²) in [5.74, 6) is -1.22. The molecule has 0 heterocycles. The molecular formula is C17H15F3N2O3. The molecule has 0 radical (unpaired) electrons. The third-order valence-electron chi connectivity index (χ3n) is 3.27. The van der Waals surface area contributed by atoms with Crippen molar-refractivity contribution in [2.75, 3.05) is 24.3 Å². The van der Waals surface area contributed by atoms with Gasteiger partial charge >= 0.3 is 12.1 Å². The molecule has 0 aliphatic heterocycles. The van der Waals surface area contributed by atoms with Gasteiger partial charge in [-0.2, -0.15) is 13.2 Å². The minimum atomic E-state index is -4.66. The highest BCUT2D eigenvalue weighted by Gasteiger charge is 2.34. The summed E-state index contributed by atoms with van der Waals surface area (Å²) in [7, 11) is 1.14. The minimum Gasteiger partial charge on any atom is -0.468 e. The van der Waals surface area contributed by atoms with Gasteiger partial charge in [0.1, 0.15) is 6.54 Å². The first kappa shape index (κ1) is 18.3. The van der Waals surface area contributed by atoms with E-state index in [9.17, 15) is 22.8 Å². The Bertz CT molecular complexity index is 761. The number of rotatable bonds is 5. The molecule has 0 bridgehead atoms. The molecule has 8 heteroatoms. The third-order valence-corrected chi connectivity index (χ3v) is 3.27. The zero-order valence-corrected chi connectivity index (χ0v) is 13.2. The van der Waals surface area contributed by atoms with E-state index in [4.69, 9.17) is 0 Å². The van der Waals surface area contributed by atoms with Crippen molar-refractivity contribution in [1.82, 2.24) is 0 Å². The fourth-order valence-electron chi connectivity index (χ4n) is 2.04. The minimum absolute atomic E-state index is 0.00945. The summed E-state index contributed by atoms with van der Waals surface area (Å²) in [6.07, 6.45) is -4.66. The molecule has 0 aliphatic carbocycles. The predicted molar refractivity (Wildman–Crippen MR) is 86.3 cm³/mol. The van der Waals surface area contributed by atoms with Gasteiger partial charge in [0.25, 0.3) is 5.91 Å². The topological polar surface area (TPSA) is 67.4 Å². The van der Waals surface area contributed by atoms with E-state index in [1.807, 2.05) is 0 Å². The van der Waals surface area contributed by atoms with Crippen LogP contribution in [0.1, 0.15) is 15.9 Å². The van der Waals surface area contributed by atoms with E-state index < -0.39 is 30.2 Å². The van der Waals surface area contributed by atoms with Gasteiger partial charge in [0.05, 0.1) is 12.7 Å². The maximum Gasteiger partial charge on any atom is 0.418 e. The van der Waals surface area contributed by atoms with Crippen LogP contribution in [0.15, 0.2) is 48.5 Å². The lowest BCUT2D eigenvalue weighted by molar-refractivity contribution is -0.139. The summed E-state index contributed by atoms with van der Waals surface area (Å²) in [5.41, 5.74) is -0.966. The van der Waals surface area contributed by atoms with Crippen molar-refractivity contribution < 1.29 is 27.5 Å². The van der Waals surface area contributed by atoms with Crippen molar-refractivity contribution in [3.8, 4) is 0 Å². The number of benzene rings is 2. The number of hydrogen-bond donors (Lipinski definition) is 2.